The molecular formula is C29H31BrN2O3. The third-order valence-electron chi connectivity index (χ3n) is 6.31. The van der Waals surface area contributed by atoms with E-state index < -0.39 is 6.04 Å². The molecule has 0 radical (unpaired) electrons. The Hall–Kier alpha value is -3.12. The van der Waals surface area contributed by atoms with E-state index >= 15 is 0 Å². The van der Waals surface area contributed by atoms with Gasteiger partial charge in [0.05, 0.1) is 7.11 Å². The molecule has 3 aromatic rings. The second-order valence-corrected chi connectivity index (χ2v) is 9.91. The molecule has 1 unspecified atom stereocenters. The molecular weight excluding hydrogens is 504 g/mol. The van der Waals surface area contributed by atoms with Crippen molar-refractivity contribution in [3.63, 3.8) is 0 Å². The zero-order chi connectivity index (χ0) is 24.6. The summed E-state index contributed by atoms with van der Waals surface area (Å²) >= 11 is 3.48. The second-order valence-electron chi connectivity index (χ2n) is 9.00. The fraction of sp³-hybridized carbons (Fsp3) is 0.310. The Kier molecular flexibility index (Phi) is 8.59. The predicted octanol–water partition coefficient (Wildman–Crippen LogP) is 5.69. The van der Waals surface area contributed by atoms with Crippen LogP contribution in [0, 0.1) is 5.92 Å². The molecule has 0 saturated heterocycles. The van der Waals surface area contributed by atoms with Crippen LogP contribution >= 0.6 is 15.9 Å². The average Bonchev–Trinajstić information content (AvgIpc) is 3.72. The van der Waals surface area contributed by atoms with Crippen LogP contribution in [0.3, 0.4) is 0 Å². The number of aryl methyl sites for hydroxylation is 1. The van der Waals surface area contributed by atoms with Gasteiger partial charge < -0.3 is 15.0 Å². The van der Waals surface area contributed by atoms with Gasteiger partial charge in [-0.2, -0.15) is 0 Å². The lowest BCUT2D eigenvalue weighted by atomic mass is 10.0. The summed E-state index contributed by atoms with van der Waals surface area (Å²) in [5, 5.41) is 3.07. The molecule has 182 valence electrons. The van der Waals surface area contributed by atoms with Crippen LogP contribution in [-0.2, 0) is 22.6 Å². The second kappa shape index (κ2) is 12.0. The summed E-state index contributed by atoms with van der Waals surface area (Å²) in [5.41, 5.74) is 2.91. The van der Waals surface area contributed by atoms with E-state index in [1.165, 1.54) is 0 Å². The molecule has 0 bridgehead atoms. The number of nitrogens with zero attached hydrogens (tertiary/aromatic N) is 1. The van der Waals surface area contributed by atoms with Crippen LogP contribution in [0.5, 0.6) is 5.75 Å². The van der Waals surface area contributed by atoms with Crippen molar-refractivity contribution in [3.05, 3.63) is 100 Å². The number of ether oxygens (including phenoxy) is 1. The summed E-state index contributed by atoms with van der Waals surface area (Å²) in [4.78, 5) is 28.9. The molecule has 0 aromatic heterocycles. The van der Waals surface area contributed by atoms with Crippen LogP contribution in [-0.4, -0.2) is 30.4 Å². The van der Waals surface area contributed by atoms with Crippen molar-refractivity contribution in [1.82, 2.24) is 10.2 Å². The van der Waals surface area contributed by atoms with Gasteiger partial charge in [0.25, 0.3) is 0 Å². The number of benzene rings is 3. The number of carbonyl (C=O) groups is 2. The van der Waals surface area contributed by atoms with Gasteiger partial charge in [0.15, 0.2) is 0 Å². The normalized spacial score (nSPS) is 13.7. The number of carbonyl (C=O) groups excluding carboxylic acids is 2. The van der Waals surface area contributed by atoms with Crippen LogP contribution in [0.4, 0.5) is 0 Å². The predicted molar refractivity (Wildman–Crippen MR) is 141 cm³/mol. The van der Waals surface area contributed by atoms with Crippen LogP contribution in [0.2, 0.25) is 0 Å². The molecule has 3 aromatic carbocycles. The molecule has 5 nitrogen and oxygen atoms in total. The van der Waals surface area contributed by atoms with E-state index in [1.54, 1.807) is 12.0 Å². The molecule has 1 aliphatic carbocycles. The number of rotatable bonds is 11. The Labute approximate surface area is 215 Å². The van der Waals surface area contributed by atoms with Gasteiger partial charge in [0.1, 0.15) is 11.8 Å². The molecule has 35 heavy (non-hydrogen) atoms. The van der Waals surface area contributed by atoms with Crippen molar-refractivity contribution >= 4 is 27.7 Å². The first-order valence-electron chi connectivity index (χ1n) is 12.0. The Morgan fingerprint density at radius 2 is 1.66 bits per heavy atom. The summed E-state index contributed by atoms with van der Waals surface area (Å²) in [5.74, 6) is 1.09. The first-order valence-corrected chi connectivity index (χ1v) is 12.8. The van der Waals surface area contributed by atoms with Crippen molar-refractivity contribution < 1.29 is 14.3 Å². The lowest BCUT2D eigenvalue weighted by molar-refractivity contribution is -0.141. The van der Waals surface area contributed by atoms with Gasteiger partial charge in [-0.15, -0.1) is 0 Å². The fourth-order valence-corrected chi connectivity index (χ4v) is 4.38. The highest BCUT2D eigenvalue weighted by Crippen LogP contribution is 2.34. The lowest BCUT2D eigenvalue weighted by Crippen LogP contribution is -2.44. The van der Waals surface area contributed by atoms with Gasteiger partial charge in [0.2, 0.25) is 11.8 Å². The number of hydrogen-bond donors (Lipinski definition) is 1. The van der Waals surface area contributed by atoms with Crippen molar-refractivity contribution in [2.24, 2.45) is 5.92 Å². The summed E-state index contributed by atoms with van der Waals surface area (Å²) in [6.45, 7) is 1.02. The summed E-state index contributed by atoms with van der Waals surface area (Å²) < 4.78 is 6.17. The fourth-order valence-electron chi connectivity index (χ4n) is 4.12. The zero-order valence-corrected chi connectivity index (χ0v) is 21.5. The van der Waals surface area contributed by atoms with Crippen LogP contribution in [0.15, 0.2) is 83.3 Å². The Bertz CT molecular complexity index is 1110. The molecule has 4 rings (SSSR count). The monoisotopic (exact) mass is 534 g/mol. The molecule has 0 aliphatic heterocycles. The number of methoxy groups -OCH3 is 1. The molecule has 1 atom stereocenters. The molecule has 1 N–H and O–H groups in total. The molecule has 1 aliphatic rings. The zero-order valence-electron chi connectivity index (χ0n) is 20.0. The van der Waals surface area contributed by atoms with E-state index in [4.69, 9.17) is 4.74 Å². The third kappa shape index (κ3) is 7.18. The molecule has 2 amide bonds. The maximum absolute atomic E-state index is 13.6. The van der Waals surface area contributed by atoms with E-state index in [9.17, 15) is 9.59 Å². The molecule has 1 saturated carbocycles. The van der Waals surface area contributed by atoms with Gasteiger partial charge in [0, 0.05) is 24.0 Å². The van der Waals surface area contributed by atoms with E-state index in [0.29, 0.717) is 31.8 Å². The lowest BCUT2D eigenvalue weighted by Gasteiger charge is -2.32. The van der Waals surface area contributed by atoms with Crippen LogP contribution in [0.1, 0.15) is 42.0 Å². The SMILES string of the molecule is COc1ccc(CCC(=O)N(CC2CC2)C(C(=O)NCc2ccccc2)c2ccc(Br)cc2)cc1. The van der Waals surface area contributed by atoms with Gasteiger partial charge in [-0.1, -0.05) is 70.5 Å². The summed E-state index contributed by atoms with van der Waals surface area (Å²) in [6.07, 6.45) is 3.16. The molecule has 0 heterocycles. The topological polar surface area (TPSA) is 58.6 Å². The van der Waals surface area contributed by atoms with Crippen molar-refractivity contribution in [1.29, 1.82) is 0 Å². The minimum absolute atomic E-state index is 0.00417. The van der Waals surface area contributed by atoms with E-state index in [1.807, 2.05) is 78.9 Å². The maximum atomic E-state index is 13.6. The number of amides is 2. The number of nitrogens with one attached hydrogen (secondary N) is 1. The van der Waals surface area contributed by atoms with Gasteiger partial charge in [-0.3, -0.25) is 9.59 Å². The average molecular weight is 535 g/mol. The van der Waals surface area contributed by atoms with E-state index in [2.05, 4.69) is 21.2 Å². The van der Waals surface area contributed by atoms with Crippen molar-refractivity contribution in [3.8, 4) is 5.75 Å². The molecule has 1 fully saturated rings. The Morgan fingerprint density at radius 1 is 0.971 bits per heavy atom. The minimum atomic E-state index is -0.671. The molecule has 6 heteroatoms. The molecule has 0 spiro atoms. The first-order chi connectivity index (χ1) is 17.0. The van der Waals surface area contributed by atoms with Gasteiger partial charge in [-0.05, 0) is 66.1 Å². The minimum Gasteiger partial charge on any atom is -0.497 e. The van der Waals surface area contributed by atoms with E-state index in [-0.39, 0.29) is 11.8 Å². The standard InChI is InChI=1S/C29H31BrN2O3/c1-35-26-16-9-21(10-17-26)11-18-27(33)32(20-23-7-8-23)28(24-12-14-25(30)15-13-24)29(34)31-19-22-5-3-2-4-6-22/h2-6,9-10,12-17,23,28H,7-8,11,18-20H2,1H3,(H,31,34). The van der Waals surface area contributed by atoms with Gasteiger partial charge in [-0.25, -0.2) is 0 Å². The van der Waals surface area contributed by atoms with E-state index in [0.717, 1.165) is 39.8 Å². The first kappa shape index (κ1) is 25.0. The van der Waals surface area contributed by atoms with Crippen molar-refractivity contribution in [2.45, 2.75) is 38.3 Å². The van der Waals surface area contributed by atoms with Crippen molar-refractivity contribution in [2.75, 3.05) is 13.7 Å². The van der Waals surface area contributed by atoms with Crippen LogP contribution < -0.4 is 10.1 Å². The third-order valence-corrected chi connectivity index (χ3v) is 6.84. The van der Waals surface area contributed by atoms with Crippen LogP contribution in [0.25, 0.3) is 0 Å². The number of halogens is 1. The Morgan fingerprint density at radius 3 is 2.29 bits per heavy atom. The smallest absolute Gasteiger partial charge is 0.247 e. The highest BCUT2D eigenvalue weighted by molar-refractivity contribution is 9.10. The summed E-state index contributed by atoms with van der Waals surface area (Å²) in [7, 11) is 1.64. The van der Waals surface area contributed by atoms with Gasteiger partial charge >= 0.3 is 0 Å². The largest absolute Gasteiger partial charge is 0.497 e. The number of hydrogen-bond acceptors (Lipinski definition) is 3. The highest BCUT2D eigenvalue weighted by Gasteiger charge is 2.35. The summed E-state index contributed by atoms with van der Waals surface area (Å²) in [6, 6.07) is 24.6. The quantitative estimate of drug-likeness (QED) is 0.344. The Balaban J connectivity index is 1.54. The highest BCUT2D eigenvalue weighted by atomic mass is 79.9. The maximum Gasteiger partial charge on any atom is 0.247 e.